The molecule has 0 saturated carbocycles. The molecule has 150 valence electrons. The highest BCUT2D eigenvalue weighted by Crippen LogP contribution is 2.23. The molecule has 0 fully saturated rings. The maximum atomic E-state index is 12.6. The van der Waals surface area contributed by atoms with Crippen molar-refractivity contribution >= 4 is 5.91 Å². The van der Waals surface area contributed by atoms with Crippen LogP contribution in [0.15, 0.2) is 48.5 Å². The van der Waals surface area contributed by atoms with Gasteiger partial charge in [0.2, 0.25) is 5.88 Å². The summed E-state index contributed by atoms with van der Waals surface area (Å²) < 4.78 is 13.3. The summed E-state index contributed by atoms with van der Waals surface area (Å²) in [7, 11) is 1.93. The molecule has 1 amide bonds. The number of carbonyl (C=O) groups is 1. The quantitative estimate of drug-likeness (QED) is 0.645. The maximum Gasteiger partial charge on any atom is 0.260 e. The number of carbonyl (C=O) groups excluding carboxylic acids is 1. The van der Waals surface area contributed by atoms with E-state index in [0.29, 0.717) is 31.3 Å². The second-order valence-corrected chi connectivity index (χ2v) is 7.07. The van der Waals surface area contributed by atoms with E-state index in [1.165, 1.54) is 0 Å². The first-order valence-electron chi connectivity index (χ1n) is 9.66. The van der Waals surface area contributed by atoms with Gasteiger partial charge in [-0.15, -0.1) is 0 Å². The third kappa shape index (κ3) is 4.39. The molecule has 0 N–H and O–H groups in total. The molecule has 7 heteroatoms. The number of benzene rings is 1. The Kier molecular flexibility index (Phi) is 5.46. The van der Waals surface area contributed by atoms with Gasteiger partial charge in [0.05, 0.1) is 0 Å². The minimum Gasteiger partial charge on any atom is -0.484 e. The highest BCUT2D eigenvalue weighted by atomic mass is 16.5. The molecule has 1 aliphatic rings. The predicted molar refractivity (Wildman–Crippen MR) is 108 cm³/mol. The number of hydrogen-bond donors (Lipinski definition) is 0. The van der Waals surface area contributed by atoms with Crippen LogP contribution in [0.25, 0.3) is 0 Å². The molecule has 0 saturated heterocycles. The third-order valence-electron chi connectivity index (χ3n) is 5.00. The standard InChI is InChI=1S/C22H24N4O3/c1-16-7-6-10-21(23-16)29-14-19-18-13-26(12-11-20(18)25(2)24-19)22(27)15-28-17-8-4-3-5-9-17/h3-10H,11-15H2,1-2H3. The van der Waals surface area contributed by atoms with E-state index in [1.807, 2.05) is 72.1 Å². The summed E-state index contributed by atoms with van der Waals surface area (Å²) in [6, 6.07) is 15.1. The summed E-state index contributed by atoms with van der Waals surface area (Å²) in [5, 5.41) is 4.61. The summed E-state index contributed by atoms with van der Waals surface area (Å²) in [6.45, 7) is 3.45. The lowest BCUT2D eigenvalue weighted by Crippen LogP contribution is -2.39. The van der Waals surface area contributed by atoms with Crippen LogP contribution in [0.5, 0.6) is 11.6 Å². The van der Waals surface area contributed by atoms with Crippen LogP contribution in [0.2, 0.25) is 0 Å². The van der Waals surface area contributed by atoms with Gasteiger partial charge >= 0.3 is 0 Å². The van der Waals surface area contributed by atoms with Crippen LogP contribution >= 0.6 is 0 Å². The number of ether oxygens (including phenoxy) is 2. The first-order valence-corrected chi connectivity index (χ1v) is 9.66. The van der Waals surface area contributed by atoms with Gasteiger partial charge < -0.3 is 14.4 Å². The number of para-hydroxylation sites is 1. The van der Waals surface area contributed by atoms with Gasteiger partial charge in [-0.3, -0.25) is 9.48 Å². The van der Waals surface area contributed by atoms with Crippen molar-refractivity contribution < 1.29 is 14.3 Å². The van der Waals surface area contributed by atoms with Gasteiger partial charge in [-0.05, 0) is 25.1 Å². The van der Waals surface area contributed by atoms with Crippen molar-refractivity contribution in [3.63, 3.8) is 0 Å². The monoisotopic (exact) mass is 392 g/mol. The van der Waals surface area contributed by atoms with Gasteiger partial charge in [0.15, 0.2) is 6.61 Å². The van der Waals surface area contributed by atoms with Crippen molar-refractivity contribution in [2.45, 2.75) is 26.5 Å². The number of rotatable bonds is 6. The van der Waals surface area contributed by atoms with Crippen LogP contribution < -0.4 is 9.47 Å². The van der Waals surface area contributed by atoms with Crippen LogP contribution in [0.4, 0.5) is 0 Å². The number of amides is 1. The zero-order valence-corrected chi connectivity index (χ0v) is 16.7. The van der Waals surface area contributed by atoms with E-state index in [2.05, 4.69) is 10.1 Å². The topological polar surface area (TPSA) is 69.5 Å². The van der Waals surface area contributed by atoms with Crippen molar-refractivity contribution in [1.29, 1.82) is 0 Å². The van der Waals surface area contributed by atoms with E-state index in [4.69, 9.17) is 9.47 Å². The number of nitrogens with zero attached hydrogens (tertiary/aromatic N) is 4. The molecule has 0 radical (unpaired) electrons. The fourth-order valence-electron chi connectivity index (χ4n) is 3.49. The van der Waals surface area contributed by atoms with Crippen LogP contribution in [0.1, 0.15) is 22.6 Å². The van der Waals surface area contributed by atoms with Gasteiger partial charge in [0.25, 0.3) is 5.91 Å². The fraction of sp³-hybridized carbons (Fsp3) is 0.318. The largest absolute Gasteiger partial charge is 0.484 e. The zero-order valence-electron chi connectivity index (χ0n) is 16.7. The number of fused-ring (bicyclic) bond motifs is 1. The number of aryl methyl sites for hydroxylation is 2. The van der Waals surface area contributed by atoms with Gasteiger partial charge in [-0.2, -0.15) is 5.10 Å². The van der Waals surface area contributed by atoms with Crippen molar-refractivity contribution in [1.82, 2.24) is 19.7 Å². The van der Waals surface area contributed by atoms with Crippen LogP contribution in [0, 0.1) is 6.92 Å². The smallest absolute Gasteiger partial charge is 0.260 e. The predicted octanol–water partition coefficient (Wildman–Crippen LogP) is 2.67. The van der Waals surface area contributed by atoms with Crippen molar-refractivity contribution in [2.24, 2.45) is 7.05 Å². The lowest BCUT2D eigenvalue weighted by Gasteiger charge is -2.27. The summed E-state index contributed by atoms with van der Waals surface area (Å²) in [6.07, 6.45) is 0.763. The summed E-state index contributed by atoms with van der Waals surface area (Å²) in [4.78, 5) is 18.8. The summed E-state index contributed by atoms with van der Waals surface area (Å²) >= 11 is 0. The Labute approximate surface area is 169 Å². The molecular weight excluding hydrogens is 368 g/mol. The summed E-state index contributed by atoms with van der Waals surface area (Å²) in [5.74, 6) is 1.24. The Morgan fingerprint density at radius 2 is 1.93 bits per heavy atom. The molecule has 29 heavy (non-hydrogen) atoms. The molecule has 7 nitrogen and oxygen atoms in total. The SMILES string of the molecule is Cc1cccc(OCc2nn(C)c3c2CN(C(=O)COc2ccccc2)CC3)n1. The average molecular weight is 392 g/mol. The second kappa shape index (κ2) is 8.34. The average Bonchev–Trinajstić information content (AvgIpc) is 3.06. The van der Waals surface area contributed by atoms with E-state index in [9.17, 15) is 4.79 Å². The molecule has 0 spiro atoms. The van der Waals surface area contributed by atoms with Crippen LogP contribution in [0.3, 0.4) is 0 Å². The van der Waals surface area contributed by atoms with E-state index in [1.54, 1.807) is 0 Å². The molecule has 1 aliphatic heterocycles. The molecule has 0 aliphatic carbocycles. The van der Waals surface area contributed by atoms with Gasteiger partial charge in [0, 0.05) is 49.6 Å². The molecular formula is C22H24N4O3. The van der Waals surface area contributed by atoms with Gasteiger partial charge in [0.1, 0.15) is 18.1 Å². The highest BCUT2D eigenvalue weighted by molar-refractivity contribution is 5.78. The van der Waals surface area contributed by atoms with Gasteiger partial charge in [-0.25, -0.2) is 4.98 Å². The molecule has 3 aromatic rings. The Balaban J connectivity index is 1.42. The minimum absolute atomic E-state index is 0.0264. The molecule has 3 heterocycles. The van der Waals surface area contributed by atoms with Crippen molar-refractivity contribution in [2.75, 3.05) is 13.2 Å². The first kappa shape index (κ1) is 19.0. The minimum atomic E-state index is -0.0319. The fourth-order valence-corrected chi connectivity index (χ4v) is 3.49. The van der Waals surface area contributed by atoms with Crippen LogP contribution in [-0.4, -0.2) is 38.7 Å². The third-order valence-corrected chi connectivity index (χ3v) is 5.00. The number of aromatic nitrogens is 3. The molecule has 0 unspecified atom stereocenters. The van der Waals surface area contributed by atoms with Gasteiger partial charge in [-0.1, -0.05) is 24.3 Å². The lowest BCUT2D eigenvalue weighted by molar-refractivity contribution is -0.134. The Bertz CT molecular complexity index is 1000. The Morgan fingerprint density at radius 3 is 2.72 bits per heavy atom. The Morgan fingerprint density at radius 1 is 1.10 bits per heavy atom. The zero-order chi connectivity index (χ0) is 20.2. The molecule has 0 bridgehead atoms. The van der Waals surface area contributed by atoms with Crippen LogP contribution in [-0.2, 0) is 31.4 Å². The number of pyridine rings is 1. The first-order chi connectivity index (χ1) is 14.1. The summed E-state index contributed by atoms with van der Waals surface area (Å²) in [5.41, 5.74) is 3.95. The van der Waals surface area contributed by atoms with Crippen molar-refractivity contribution in [3.8, 4) is 11.6 Å². The Hall–Kier alpha value is -3.35. The van der Waals surface area contributed by atoms with E-state index in [-0.39, 0.29) is 12.5 Å². The lowest BCUT2D eigenvalue weighted by atomic mass is 10.1. The highest BCUT2D eigenvalue weighted by Gasteiger charge is 2.27. The number of hydrogen-bond acceptors (Lipinski definition) is 5. The molecule has 4 rings (SSSR count). The molecule has 2 aromatic heterocycles. The molecule has 1 aromatic carbocycles. The van der Waals surface area contributed by atoms with E-state index >= 15 is 0 Å². The maximum absolute atomic E-state index is 12.6. The normalized spacial score (nSPS) is 13.1. The second-order valence-electron chi connectivity index (χ2n) is 7.07. The van der Waals surface area contributed by atoms with Crippen molar-refractivity contribution in [3.05, 3.63) is 71.2 Å². The molecule has 0 atom stereocenters. The van der Waals surface area contributed by atoms with E-state index < -0.39 is 0 Å². The van der Waals surface area contributed by atoms with E-state index in [0.717, 1.165) is 29.1 Å².